The molecule has 6 nitrogen and oxygen atoms in total. The summed E-state index contributed by atoms with van der Waals surface area (Å²) in [6.45, 7) is 2.01. The van der Waals surface area contributed by atoms with Gasteiger partial charge in [-0.2, -0.15) is 10.2 Å². The van der Waals surface area contributed by atoms with Crippen molar-refractivity contribution in [1.82, 2.24) is 20.4 Å². The van der Waals surface area contributed by atoms with E-state index in [0.29, 0.717) is 5.82 Å². The number of aromatic amines is 2. The first-order chi connectivity index (χ1) is 7.79. The summed E-state index contributed by atoms with van der Waals surface area (Å²) >= 11 is 0. The van der Waals surface area contributed by atoms with Crippen LogP contribution in [0, 0.1) is 0 Å². The molecule has 2 rings (SSSR count). The van der Waals surface area contributed by atoms with Gasteiger partial charge in [0.15, 0.2) is 0 Å². The van der Waals surface area contributed by atoms with E-state index in [9.17, 15) is 4.79 Å². The lowest BCUT2D eigenvalue weighted by Crippen LogP contribution is -2.15. The van der Waals surface area contributed by atoms with Crippen LogP contribution in [0.3, 0.4) is 0 Å². The Balaban J connectivity index is 1.97. The van der Waals surface area contributed by atoms with Crippen molar-refractivity contribution in [3.8, 4) is 0 Å². The van der Waals surface area contributed by atoms with Crippen LogP contribution in [0.4, 0.5) is 5.82 Å². The second-order valence-corrected chi connectivity index (χ2v) is 3.43. The Morgan fingerprint density at radius 1 is 1.44 bits per heavy atom. The number of H-pyrrole nitrogens is 2. The molecule has 0 aliphatic carbocycles. The third kappa shape index (κ3) is 2.28. The third-order valence-corrected chi connectivity index (χ3v) is 2.27. The van der Waals surface area contributed by atoms with E-state index in [1.807, 2.05) is 6.92 Å². The molecule has 2 heterocycles. The van der Waals surface area contributed by atoms with Gasteiger partial charge in [0.1, 0.15) is 5.82 Å². The van der Waals surface area contributed by atoms with Crippen molar-refractivity contribution in [3.05, 3.63) is 29.7 Å². The van der Waals surface area contributed by atoms with Gasteiger partial charge in [0.25, 0.3) is 0 Å². The van der Waals surface area contributed by atoms with Gasteiger partial charge in [-0.25, -0.2) is 0 Å². The average molecular weight is 219 g/mol. The number of aryl methyl sites for hydroxylation is 1. The van der Waals surface area contributed by atoms with E-state index in [0.717, 1.165) is 17.7 Å². The Kier molecular flexibility index (Phi) is 3.00. The Morgan fingerprint density at radius 2 is 2.31 bits per heavy atom. The number of carbonyl (C=O) groups is 1. The highest BCUT2D eigenvalue weighted by Crippen LogP contribution is 2.11. The van der Waals surface area contributed by atoms with Crippen LogP contribution in [0.1, 0.15) is 18.2 Å². The van der Waals surface area contributed by atoms with E-state index in [2.05, 4.69) is 25.7 Å². The molecule has 6 heteroatoms. The van der Waals surface area contributed by atoms with Crippen molar-refractivity contribution in [1.29, 1.82) is 0 Å². The predicted octanol–water partition coefficient (Wildman–Crippen LogP) is 0.876. The molecule has 0 bridgehead atoms. The molecule has 3 N–H and O–H groups in total. The lowest BCUT2D eigenvalue weighted by Gasteiger charge is -2.03. The largest absolute Gasteiger partial charge is 0.311 e. The normalized spacial score (nSPS) is 10.3. The minimum Gasteiger partial charge on any atom is -0.311 e. The van der Waals surface area contributed by atoms with Crippen LogP contribution in [0.15, 0.2) is 18.5 Å². The standard InChI is InChI=1S/C10H13N5O/c1-2-7-6-12-15-10(7)13-9(16)5-8-3-4-11-14-8/h3-4,6H,2,5H2,1H3,(H,11,14)(H2,12,13,15,16). The molecule has 1 amide bonds. The molecular weight excluding hydrogens is 206 g/mol. The highest BCUT2D eigenvalue weighted by atomic mass is 16.1. The van der Waals surface area contributed by atoms with Gasteiger partial charge in [-0.15, -0.1) is 0 Å². The van der Waals surface area contributed by atoms with Crippen molar-refractivity contribution in [2.24, 2.45) is 0 Å². The summed E-state index contributed by atoms with van der Waals surface area (Å²) in [6, 6.07) is 1.77. The van der Waals surface area contributed by atoms with Gasteiger partial charge in [0.2, 0.25) is 5.91 Å². The quantitative estimate of drug-likeness (QED) is 0.713. The van der Waals surface area contributed by atoms with Gasteiger partial charge >= 0.3 is 0 Å². The number of hydrogen-bond acceptors (Lipinski definition) is 3. The Labute approximate surface area is 92.5 Å². The maximum atomic E-state index is 11.6. The number of nitrogens with one attached hydrogen (secondary N) is 3. The fourth-order valence-corrected chi connectivity index (χ4v) is 1.43. The van der Waals surface area contributed by atoms with Crippen LogP contribution in [0.25, 0.3) is 0 Å². The first-order valence-corrected chi connectivity index (χ1v) is 5.10. The topological polar surface area (TPSA) is 86.5 Å². The van der Waals surface area contributed by atoms with E-state index in [4.69, 9.17) is 0 Å². The lowest BCUT2D eigenvalue weighted by molar-refractivity contribution is -0.115. The summed E-state index contributed by atoms with van der Waals surface area (Å²) in [7, 11) is 0. The Morgan fingerprint density at radius 3 is 3.00 bits per heavy atom. The first kappa shape index (κ1) is 10.4. The van der Waals surface area contributed by atoms with Gasteiger partial charge in [-0.05, 0) is 12.5 Å². The lowest BCUT2D eigenvalue weighted by atomic mass is 10.2. The molecule has 2 aromatic heterocycles. The smallest absolute Gasteiger partial charge is 0.231 e. The Hall–Kier alpha value is -2.11. The van der Waals surface area contributed by atoms with E-state index in [-0.39, 0.29) is 12.3 Å². The average Bonchev–Trinajstić information content (AvgIpc) is 2.88. The molecule has 0 aliphatic rings. The number of nitrogens with zero attached hydrogens (tertiary/aromatic N) is 2. The van der Waals surface area contributed by atoms with Crippen molar-refractivity contribution < 1.29 is 4.79 Å². The van der Waals surface area contributed by atoms with Gasteiger partial charge in [-0.3, -0.25) is 15.0 Å². The predicted molar refractivity (Wildman–Crippen MR) is 58.9 cm³/mol. The zero-order valence-corrected chi connectivity index (χ0v) is 8.95. The summed E-state index contributed by atoms with van der Waals surface area (Å²) in [6.07, 6.45) is 4.44. The fourth-order valence-electron chi connectivity index (χ4n) is 1.43. The van der Waals surface area contributed by atoms with Gasteiger partial charge in [0, 0.05) is 17.5 Å². The molecule has 0 saturated heterocycles. The molecular formula is C10H13N5O. The molecule has 0 radical (unpaired) electrons. The molecule has 2 aromatic rings. The summed E-state index contributed by atoms with van der Waals surface area (Å²) in [5, 5.41) is 15.9. The second kappa shape index (κ2) is 4.61. The summed E-state index contributed by atoms with van der Waals surface area (Å²) in [5.74, 6) is 0.579. The summed E-state index contributed by atoms with van der Waals surface area (Å²) in [5.41, 5.74) is 1.79. The Bertz CT molecular complexity index is 459. The number of anilines is 1. The van der Waals surface area contributed by atoms with Gasteiger partial charge in [0.05, 0.1) is 12.6 Å². The van der Waals surface area contributed by atoms with E-state index >= 15 is 0 Å². The maximum absolute atomic E-state index is 11.6. The molecule has 0 unspecified atom stereocenters. The molecule has 0 atom stereocenters. The SMILES string of the molecule is CCc1cn[nH]c1NC(=O)Cc1ccn[nH]1. The van der Waals surface area contributed by atoms with Crippen LogP contribution in [0.2, 0.25) is 0 Å². The van der Waals surface area contributed by atoms with E-state index in [1.54, 1.807) is 18.5 Å². The highest BCUT2D eigenvalue weighted by molar-refractivity contribution is 5.91. The van der Waals surface area contributed by atoms with Crippen molar-refractivity contribution in [2.75, 3.05) is 5.32 Å². The van der Waals surface area contributed by atoms with Gasteiger partial charge < -0.3 is 5.32 Å². The van der Waals surface area contributed by atoms with Crippen molar-refractivity contribution in [3.63, 3.8) is 0 Å². The number of amides is 1. The first-order valence-electron chi connectivity index (χ1n) is 5.10. The molecule has 0 spiro atoms. The van der Waals surface area contributed by atoms with Crippen LogP contribution >= 0.6 is 0 Å². The molecule has 0 aliphatic heterocycles. The van der Waals surface area contributed by atoms with Gasteiger partial charge in [-0.1, -0.05) is 6.92 Å². The summed E-state index contributed by atoms with van der Waals surface area (Å²) < 4.78 is 0. The van der Waals surface area contributed by atoms with Crippen LogP contribution in [-0.2, 0) is 17.6 Å². The number of carbonyl (C=O) groups excluding carboxylic acids is 1. The highest BCUT2D eigenvalue weighted by Gasteiger charge is 2.08. The number of rotatable bonds is 4. The van der Waals surface area contributed by atoms with E-state index < -0.39 is 0 Å². The third-order valence-electron chi connectivity index (χ3n) is 2.27. The monoisotopic (exact) mass is 219 g/mol. The molecule has 84 valence electrons. The molecule has 0 saturated carbocycles. The van der Waals surface area contributed by atoms with Crippen molar-refractivity contribution >= 4 is 11.7 Å². The molecule has 0 aromatic carbocycles. The van der Waals surface area contributed by atoms with Crippen LogP contribution < -0.4 is 5.32 Å². The second-order valence-electron chi connectivity index (χ2n) is 3.43. The van der Waals surface area contributed by atoms with E-state index in [1.165, 1.54) is 0 Å². The van der Waals surface area contributed by atoms with Crippen LogP contribution in [0.5, 0.6) is 0 Å². The number of hydrogen-bond donors (Lipinski definition) is 3. The maximum Gasteiger partial charge on any atom is 0.231 e. The zero-order valence-electron chi connectivity index (χ0n) is 8.95. The van der Waals surface area contributed by atoms with Crippen LogP contribution in [-0.4, -0.2) is 26.3 Å². The fraction of sp³-hybridized carbons (Fsp3) is 0.300. The van der Waals surface area contributed by atoms with Crippen molar-refractivity contribution in [2.45, 2.75) is 19.8 Å². The molecule has 0 fully saturated rings. The summed E-state index contributed by atoms with van der Waals surface area (Å²) in [4.78, 5) is 11.6. The minimum atomic E-state index is -0.0943. The minimum absolute atomic E-state index is 0.0943. The zero-order chi connectivity index (χ0) is 11.4. The molecule has 16 heavy (non-hydrogen) atoms. The number of aromatic nitrogens is 4.